The first-order valence-electron chi connectivity index (χ1n) is 8.92. The van der Waals surface area contributed by atoms with Gasteiger partial charge in [0, 0.05) is 32.8 Å². The second kappa shape index (κ2) is 7.43. The molecule has 0 spiro atoms. The molecule has 4 atom stereocenters. The maximum Gasteiger partial charge on any atom is 0.0710 e. The van der Waals surface area contributed by atoms with Crippen molar-refractivity contribution in [2.75, 3.05) is 33.3 Å². The Labute approximate surface area is 131 Å². The van der Waals surface area contributed by atoms with E-state index in [-0.39, 0.29) is 0 Å². The van der Waals surface area contributed by atoms with E-state index in [1.54, 1.807) is 0 Å². The van der Waals surface area contributed by atoms with E-state index in [0.717, 1.165) is 31.0 Å². The Bertz CT molecular complexity index is 313. The summed E-state index contributed by atoms with van der Waals surface area (Å²) in [6.07, 6.45) is 5.79. The number of rotatable bonds is 5. The highest BCUT2D eigenvalue weighted by molar-refractivity contribution is 4.91. The Balaban J connectivity index is 1.94. The molecular formula is C18H36N2O. The zero-order valence-electron chi connectivity index (χ0n) is 14.8. The van der Waals surface area contributed by atoms with Crippen LogP contribution in [0.1, 0.15) is 53.4 Å². The first kappa shape index (κ1) is 17.2. The molecule has 1 aliphatic heterocycles. The van der Waals surface area contributed by atoms with Crippen molar-refractivity contribution in [3.05, 3.63) is 0 Å². The molecule has 0 radical (unpaired) electrons. The number of hydrogen-bond donors (Lipinski definition) is 1. The van der Waals surface area contributed by atoms with Crippen LogP contribution in [0.2, 0.25) is 0 Å². The molecule has 0 bridgehead atoms. The fraction of sp³-hybridized carbons (Fsp3) is 1.00. The molecule has 21 heavy (non-hydrogen) atoms. The molecule has 0 amide bonds. The summed E-state index contributed by atoms with van der Waals surface area (Å²) in [4.78, 5) is 2.63. The first-order valence-corrected chi connectivity index (χ1v) is 8.92. The summed E-state index contributed by atoms with van der Waals surface area (Å²) in [6.45, 7) is 14.2. The van der Waals surface area contributed by atoms with Crippen molar-refractivity contribution in [2.24, 2.45) is 17.3 Å². The third kappa shape index (κ3) is 4.67. The second-order valence-corrected chi connectivity index (χ2v) is 8.21. The SMILES string of the molecule is CCNC1CCC(C(C)(C)C)CC1CN1CCC(OC)C1. The minimum absolute atomic E-state index is 0.454. The summed E-state index contributed by atoms with van der Waals surface area (Å²) >= 11 is 0. The monoisotopic (exact) mass is 296 g/mol. The van der Waals surface area contributed by atoms with Crippen molar-refractivity contribution in [3.63, 3.8) is 0 Å². The van der Waals surface area contributed by atoms with Gasteiger partial charge < -0.3 is 15.0 Å². The molecular weight excluding hydrogens is 260 g/mol. The van der Waals surface area contributed by atoms with Crippen LogP contribution in [0.3, 0.4) is 0 Å². The molecule has 4 unspecified atom stereocenters. The van der Waals surface area contributed by atoms with Gasteiger partial charge >= 0.3 is 0 Å². The molecule has 2 fully saturated rings. The van der Waals surface area contributed by atoms with E-state index in [9.17, 15) is 0 Å². The largest absolute Gasteiger partial charge is 0.380 e. The molecule has 1 heterocycles. The third-order valence-corrected chi connectivity index (χ3v) is 5.73. The Morgan fingerprint density at radius 3 is 2.52 bits per heavy atom. The molecule has 3 heteroatoms. The lowest BCUT2D eigenvalue weighted by molar-refractivity contribution is 0.0799. The topological polar surface area (TPSA) is 24.5 Å². The van der Waals surface area contributed by atoms with Crippen LogP contribution in [-0.4, -0.2) is 50.3 Å². The summed E-state index contributed by atoms with van der Waals surface area (Å²) < 4.78 is 5.52. The fourth-order valence-electron chi connectivity index (χ4n) is 4.27. The van der Waals surface area contributed by atoms with Crippen molar-refractivity contribution in [3.8, 4) is 0 Å². The van der Waals surface area contributed by atoms with Crippen LogP contribution in [0.25, 0.3) is 0 Å². The summed E-state index contributed by atoms with van der Waals surface area (Å²) in [5.41, 5.74) is 0.454. The second-order valence-electron chi connectivity index (χ2n) is 8.21. The van der Waals surface area contributed by atoms with Gasteiger partial charge in [-0.3, -0.25) is 0 Å². The predicted octanol–water partition coefficient (Wildman–Crippen LogP) is 3.15. The number of nitrogens with one attached hydrogen (secondary N) is 1. The van der Waals surface area contributed by atoms with Crippen molar-refractivity contribution in [1.29, 1.82) is 0 Å². The van der Waals surface area contributed by atoms with Crippen molar-refractivity contribution in [2.45, 2.75) is 65.5 Å². The van der Waals surface area contributed by atoms with E-state index in [4.69, 9.17) is 4.74 Å². The molecule has 3 nitrogen and oxygen atoms in total. The van der Waals surface area contributed by atoms with Crippen molar-refractivity contribution < 1.29 is 4.74 Å². The Morgan fingerprint density at radius 1 is 1.19 bits per heavy atom. The highest BCUT2D eigenvalue weighted by atomic mass is 16.5. The lowest BCUT2D eigenvalue weighted by Crippen LogP contribution is -2.47. The maximum absolute atomic E-state index is 5.52. The molecule has 1 aliphatic carbocycles. The van der Waals surface area contributed by atoms with Gasteiger partial charge in [-0.1, -0.05) is 27.7 Å². The van der Waals surface area contributed by atoms with Gasteiger partial charge in [0.2, 0.25) is 0 Å². The molecule has 0 aromatic rings. The van der Waals surface area contributed by atoms with Crippen LogP contribution in [-0.2, 0) is 4.74 Å². The molecule has 0 aromatic carbocycles. The van der Waals surface area contributed by atoms with E-state index in [0.29, 0.717) is 11.5 Å². The Hall–Kier alpha value is -0.120. The molecule has 124 valence electrons. The summed E-state index contributed by atoms with van der Waals surface area (Å²) in [7, 11) is 1.85. The fourth-order valence-corrected chi connectivity index (χ4v) is 4.27. The van der Waals surface area contributed by atoms with Gasteiger partial charge in [-0.2, -0.15) is 0 Å². The first-order chi connectivity index (χ1) is 9.94. The molecule has 2 rings (SSSR count). The lowest BCUT2D eigenvalue weighted by atomic mass is 9.67. The van der Waals surface area contributed by atoms with Crippen LogP contribution in [0.5, 0.6) is 0 Å². The van der Waals surface area contributed by atoms with Gasteiger partial charge in [0.15, 0.2) is 0 Å². The van der Waals surface area contributed by atoms with Crippen LogP contribution < -0.4 is 5.32 Å². The van der Waals surface area contributed by atoms with E-state index < -0.39 is 0 Å². The normalized spacial score (nSPS) is 35.3. The zero-order valence-corrected chi connectivity index (χ0v) is 14.8. The van der Waals surface area contributed by atoms with E-state index >= 15 is 0 Å². The molecule has 2 aliphatic rings. The van der Waals surface area contributed by atoms with Gasteiger partial charge in [-0.15, -0.1) is 0 Å². The van der Waals surface area contributed by atoms with E-state index in [2.05, 4.69) is 37.9 Å². The average molecular weight is 296 g/mol. The third-order valence-electron chi connectivity index (χ3n) is 5.73. The van der Waals surface area contributed by atoms with Gasteiger partial charge in [0.05, 0.1) is 6.10 Å². The number of likely N-dealkylation sites (tertiary alicyclic amines) is 1. The van der Waals surface area contributed by atoms with Crippen LogP contribution in [0, 0.1) is 17.3 Å². The quantitative estimate of drug-likeness (QED) is 0.843. The van der Waals surface area contributed by atoms with E-state index in [1.807, 2.05) is 7.11 Å². The molecule has 0 aromatic heterocycles. The molecule has 1 N–H and O–H groups in total. The van der Waals surface area contributed by atoms with Gasteiger partial charge in [0.1, 0.15) is 0 Å². The van der Waals surface area contributed by atoms with Crippen molar-refractivity contribution >= 4 is 0 Å². The lowest BCUT2D eigenvalue weighted by Gasteiger charge is -2.43. The van der Waals surface area contributed by atoms with Gasteiger partial charge in [-0.25, -0.2) is 0 Å². The highest BCUT2D eigenvalue weighted by Crippen LogP contribution is 2.40. The summed E-state index contributed by atoms with van der Waals surface area (Å²) in [5, 5.41) is 3.75. The summed E-state index contributed by atoms with van der Waals surface area (Å²) in [6, 6.07) is 0.718. The van der Waals surface area contributed by atoms with E-state index in [1.165, 1.54) is 38.8 Å². The number of methoxy groups -OCH3 is 1. The zero-order chi connectivity index (χ0) is 15.5. The number of hydrogen-bond acceptors (Lipinski definition) is 3. The van der Waals surface area contributed by atoms with Gasteiger partial charge in [-0.05, 0) is 49.5 Å². The average Bonchev–Trinajstić information content (AvgIpc) is 2.87. The van der Waals surface area contributed by atoms with Gasteiger partial charge in [0.25, 0.3) is 0 Å². The van der Waals surface area contributed by atoms with Crippen molar-refractivity contribution in [1.82, 2.24) is 10.2 Å². The minimum atomic E-state index is 0.454. The standard InChI is InChI=1S/C18H36N2O/c1-6-19-17-8-7-15(18(2,3)4)11-14(17)12-20-10-9-16(13-20)21-5/h14-17,19H,6-13H2,1-5H3. The Morgan fingerprint density at radius 2 is 1.95 bits per heavy atom. The summed E-state index contributed by atoms with van der Waals surface area (Å²) in [5.74, 6) is 1.68. The number of nitrogens with zero attached hydrogens (tertiary/aromatic N) is 1. The number of ether oxygens (including phenoxy) is 1. The maximum atomic E-state index is 5.52. The molecule has 1 saturated heterocycles. The van der Waals surface area contributed by atoms with Crippen LogP contribution >= 0.6 is 0 Å². The molecule has 1 saturated carbocycles. The minimum Gasteiger partial charge on any atom is -0.380 e. The van der Waals surface area contributed by atoms with Crippen LogP contribution in [0.4, 0.5) is 0 Å². The van der Waals surface area contributed by atoms with Crippen LogP contribution in [0.15, 0.2) is 0 Å². The Kier molecular flexibility index (Phi) is 6.10. The predicted molar refractivity (Wildman–Crippen MR) is 89.6 cm³/mol. The smallest absolute Gasteiger partial charge is 0.0710 e. The highest BCUT2D eigenvalue weighted by Gasteiger charge is 2.37.